The second-order valence-electron chi connectivity index (χ2n) is 3.66. The van der Waals surface area contributed by atoms with Gasteiger partial charge in [-0.3, -0.25) is 4.98 Å². The molecular weight excluding hydrogens is 180 g/mol. The van der Waals surface area contributed by atoms with E-state index in [4.69, 9.17) is 0 Å². The Morgan fingerprint density at radius 1 is 1.50 bits per heavy atom. The van der Waals surface area contributed by atoms with E-state index in [0.29, 0.717) is 0 Å². The summed E-state index contributed by atoms with van der Waals surface area (Å²) in [7, 11) is 0. The van der Waals surface area contributed by atoms with Gasteiger partial charge in [0.25, 0.3) is 0 Å². The Balaban J connectivity index is 2.21. The molecule has 1 aliphatic heterocycles. The van der Waals surface area contributed by atoms with Crippen LogP contribution in [0.2, 0.25) is 0 Å². The Labute approximate surface area is 82.5 Å². The van der Waals surface area contributed by atoms with E-state index in [-0.39, 0.29) is 11.7 Å². The van der Waals surface area contributed by atoms with Gasteiger partial charge in [0, 0.05) is 6.42 Å². The highest BCUT2D eigenvalue weighted by molar-refractivity contribution is 4.84. The predicted molar refractivity (Wildman–Crippen MR) is 53.4 cm³/mol. The fourth-order valence-electron chi connectivity index (χ4n) is 1.84. The smallest absolute Gasteiger partial charge is 0.317 e. The van der Waals surface area contributed by atoms with E-state index in [1.54, 1.807) is 4.68 Å². The van der Waals surface area contributed by atoms with Gasteiger partial charge < -0.3 is 5.32 Å². The summed E-state index contributed by atoms with van der Waals surface area (Å²) < 4.78 is 1.61. The number of hydrogen-bond acceptors (Lipinski definition) is 3. The fourth-order valence-corrected chi connectivity index (χ4v) is 1.84. The molecule has 1 saturated heterocycles. The molecule has 0 aliphatic carbocycles. The maximum atomic E-state index is 11.5. The first-order valence-electron chi connectivity index (χ1n) is 5.19. The maximum absolute atomic E-state index is 11.5. The Morgan fingerprint density at radius 2 is 2.21 bits per heavy atom. The minimum absolute atomic E-state index is 0.0613. The Hall–Kier alpha value is -1.10. The van der Waals surface area contributed by atoms with Crippen LogP contribution in [-0.4, -0.2) is 27.9 Å². The number of rotatable bonds is 2. The van der Waals surface area contributed by atoms with Crippen molar-refractivity contribution in [2.75, 3.05) is 13.1 Å². The van der Waals surface area contributed by atoms with E-state index < -0.39 is 0 Å². The maximum Gasteiger partial charge on any atom is 0.343 e. The van der Waals surface area contributed by atoms with E-state index in [1.807, 2.05) is 6.92 Å². The summed E-state index contributed by atoms with van der Waals surface area (Å²) in [4.78, 5) is 14.3. The molecule has 78 valence electrons. The molecule has 1 aromatic heterocycles. The normalized spacial score (nSPS) is 18.6. The fraction of sp³-hybridized carbons (Fsp3) is 0.778. The third kappa shape index (κ3) is 1.72. The molecular formula is C9H16N4O. The van der Waals surface area contributed by atoms with Gasteiger partial charge in [-0.15, -0.1) is 0 Å². The molecule has 2 N–H and O–H groups in total. The van der Waals surface area contributed by atoms with Gasteiger partial charge in [-0.25, -0.2) is 9.48 Å². The van der Waals surface area contributed by atoms with E-state index in [9.17, 15) is 4.79 Å². The van der Waals surface area contributed by atoms with Gasteiger partial charge in [0.2, 0.25) is 0 Å². The summed E-state index contributed by atoms with van der Waals surface area (Å²) in [6.45, 7) is 3.95. The number of piperidine rings is 1. The number of aromatic amines is 1. The summed E-state index contributed by atoms with van der Waals surface area (Å²) in [6.07, 6.45) is 2.77. The third-order valence-corrected chi connectivity index (χ3v) is 2.68. The van der Waals surface area contributed by atoms with Gasteiger partial charge in [-0.05, 0) is 25.9 Å². The highest BCUT2D eigenvalue weighted by atomic mass is 16.2. The van der Waals surface area contributed by atoms with Gasteiger partial charge in [0.1, 0.15) is 5.82 Å². The van der Waals surface area contributed by atoms with E-state index >= 15 is 0 Å². The Bertz CT molecular complexity index is 348. The van der Waals surface area contributed by atoms with E-state index in [0.717, 1.165) is 38.2 Å². The lowest BCUT2D eigenvalue weighted by Gasteiger charge is -2.21. The molecule has 1 aliphatic rings. The van der Waals surface area contributed by atoms with Gasteiger partial charge in [0.15, 0.2) is 0 Å². The van der Waals surface area contributed by atoms with Crippen LogP contribution in [0.15, 0.2) is 4.79 Å². The number of H-pyrrole nitrogens is 1. The highest BCUT2D eigenvalue weighted by Gasteiger charge is 2.18. The van der Waals surface area contributed by atoms with Crippen LogP contribution < -0.4 is 11.0 Å². The second kappa shape index (κ2) is 3.96. The summed E-state index contributed by atoms with van der Waals surface area (Å²) in [5.41, 5.74) is -0.0613. The quantitative estimate of drug-likeness (QED) is 0.703. The molecule has 0 atom stereocenters. The van der Waals surface area contributed by atoms with Crippen molar-refractivity contribution >= 4 is 0 Å². The van der Waals surface area contributed by atoms with Crippen LogP contribution in [-0.2, 0) is 6.42 Å². The van der Waals surface area contributed by atoms with Gasteiger partial charge >= 0.3 is 5.69 Å². The summed E-state index contributed by atoms with van der Waals surface area (Å²) in [6, 6.07) is 0.278. The molecule has 0 bridgehead atoms. The number of aromatic nitrogens is 3. The van der Waals surface area contributed by atoms with Crippen molar-refractivity contribution in [1.29, 1.82) is 0 Å². The average Bonchev–Trinajstić information content (AvgIpc) is 2.61. The van der Waals surface area contributed by atoms with Crippen molar-refractivity contribution in [3.63, 3.8) is 0 Å². The zero-order valence-electron chi connectivity index (χ0n) is 8.42. The van der Waals surface area contributed by atoms with Crippen LogP contribution in [0.4, 0.5) is 0 Å². The van der Waals surface area contributed by atoms with Crippen LogP contribution >= 0.6 is 0 Å². The summed E-state index contributed by atoms with van der Waals surface area (Å²) in [5, 5.41) is 7.54. The summed E-state index contributed by atoms with van der Waals surface area (Å²) in [5.74, 6) is 0.786. The van der Waals surface area contributed by atoms with Crippen molar-refractivity contribution < 1.29 is 0 Å². The van der Waals surface area contributed by atoms with Crippen LogP contribution in [0.5, 0.6) is 0 Å². The van der Waals surface area contributed by atoms with Crippen molar-refractivity contribution in [1.82, 2.24) is 20.1 Å². The molecule has 2 rings (SSSR count). The molecule has 0 saturated carbocycles. The predicted octanol–water partition coefficient (Wildman–Crippen LogP) is 0.0583. The first-order valence-corrected chi connectivity index (χ1v) is 5.19. The third-order valence-electron chi connectivity index (χ3n) is 2.68. The SMILES string of the molecule is CCc1nn(C2CCNCC2)c(=O)[nH]1. The van der Waals surface area contributed by atoms with Crippen molar-refractivity contribution in [2.45, 2.75) is 32.2 Å². The van der Waals surface area contributed by atoms with Crippen molar-refractivity contribution in [3.8, 4) is 0 Å². The largest absolute Gasteiger partial charge is 0.343 e. The van der Waals surface area contributed by atoms with Gasteiger partial charge in [-0.1, -0.05) is 6.92 Å². The molecule has 0 spiro atoms. The van der Waals surface area contributed by atoms with Crippen LogP contribution in [0.3, 0.4) is 0 Å². The molecule has 1 fully saturated rings. The van der Waals surface area contributed by atoms with E-state index in [2.05, 4.69) is 15.4 Å². The number of nitrogens with one attached hydrogen (secondary N) is 2. The first-order chi connectivity index (χ1) is 6.81. The Morgan fingerprint density at radius 3 is 2.79 bits per heavy atom. The molecule has 0 radical (unpaired) electrons. The van der Waals surface area contributed by atoms with E-state index in [1.165, 1.54) is 0 Å². The van der Waals surface area contributed by atoms with Crippen molar-refractivity contribution in [3.05, 3.63) is 16.3 Å². The lowest BCUT2D eigenvalue weighted by molar-refractivity contribution is 0.334. The van der Waals surface area contributed by atoms with Gasteiger partial charge in [-0.2, -0.15) is 5.10 Å². The molecule has 0 aromatic carbocycles. The monoisotopic (exact) mass is 196 g/mol. The number of aryl methyl sites for hydroxylation is 1. The zero-order valence-corrected chi connectivity index (χ0v) is 8.42. The zero-order chi connectivity index (χ0) is 9.97. The van der Waals surface area contributed by atoms with Crippen LogP contribution in [0.25, 0.3) is 0 Å². The topological polar surface area (TPSA) is 62.7 Å². The lowest BCUT2D eigenvalue weighted by atomic mass is 10.1. The minimum atomic E-state index is -0.0613. The lowest BCUT2D eigenvalue weighted by Crippen LogP contribution is -2.33. The second-order valence-corrected chi connectivity index (χ2v) is 3.66. The van der Waals surface area contributed by atoms with Gasteiger partial charge in [0.05, 0.1) is 6.04 Å². The number of hydrogen-bond donors (Lipinski definition) is 2. The molecule has 14 heavy (non-hydrogen) atoms. The molecule has 0 amide bonds. The standard InChI is InChI=1S/C9H16N4O/c1-2-8-11-9(14)13(12-8)7-3-5-10-6-4-7/h7,10H,2-6H2,1H3,(H,11,12,14). The molecule has 5 nitrogen and oxygen atoms in total. The molecule has 0 unspecified atom stereocenters. The molecule has 2 heterocycles. The Kier molecular flexibility index (Phi) is 2.67. The number of nitrogens with zero attached hydrogens (tertiary/aromatic N) is 2. The average molecular weight is 196 g/mol. The molecule has 1 aromatic rings. The summed E-state index contributed by atoms with van der Waals surface area (Å²) >= 11 is 0. The first kappa shape index (κ1) is 9.45. The highest BCUT2D eigenvalue weighted by Crippen LogP contribution is 2.14. The van der Waals surface area contributed by atoms with Crippen LogP contribution in [0, 0.1) is 0 Å². The molecule has 5 heteroatoms. The minimum Gasteiger partial charge on any atom is -0.317 e. The van der Waals surface area contributed by atoms with Crippen molar-refractivity contribution in [2.24, 2.45) is 0 Å². The van der Waals surface area contributed by atoms with Crippen LogP contribution in [0.1, 0.15) is 31.6 Å².